The summed E-state index contributed by atoms with van der Waals surface area (Å²) in [5.74, 6) is -0.702. The van der Waals surface area contributed by atoms with Gasteiger partial charge in [-0.15, -0.1) is 0 Å². The van der Waals surface area contributed by atoms with Crippen molar-refractivity contribution in [1.82, 2.24) is 9.78 Å². The Morgan fingerprint density at radius 2 is 1.83 bits per heavy atom. The number of rotatable bonds is 8. The summed E-state index contributed by atoms with van der Waals surface area (Å²) >= 11 is 0. The van der Waals surface area contributed by atoms with Crippen molar-refractivity contribution in [2.24, 2.45) is 5.73 Å². The van der Waals surface area contributed by atoms with Gasteiger partial charge in [0, 0.05) is 23.4 Å². The Balaban J connectivity index is 1.94. The average molecular weight is 405 g/mol. The van der Waals surface area contributed by atoms with Crippen LogP contribution in [-0.2, 0) is 20.9 Å². The summed E-state index contributed by atoms with van der Waals surface area (Å²) in [6.45, 7) is 1.99. The second-order valence-electron chi connectivity index (χ2n) is 6.63. The molecule has 0 bridgehead atoms. The van der Waals surface area contributed by atoms with E-state index >= 15 is 0 Å². The molecule has 1 amide bonds. The lowest BCUT2D eigenvalue weighted by Crippen LogP contribution is -2.29. The van der Waals surface area contributed by atoms with Crippen molar-refractivity contribution in [2.45, 2.75) is 19.6 Å². The van der Waals surface area contributed by atoms with Gasteiger partial charge in [-0.2, -0.15) is 5.10 Å². The van der Waals surface area contributed by atoms with Crippen LogP contribution in [0.2, 0.25) is 0 Å². The summed E-state index contributed by atoms with van der Waals surface area (Å²) in [6, 6.07) is 17.4. The maximum Gasteiger partial charge on any atom is 0.331 e. The zero-order valence-corrected chi connectivity index (χ0v) is 16.8. The minimum Gasteiger partial charge on any atom is -0.496 e. The van der Waals surface area contributed by atoms with E-state index in [1.807, 2.05) is 60.8 Å². The Kier molecular flexibility index (Phi) is 6.64. The molecule has 2 aromatic carbocycles. The lowest BCUT2D eigenvalue weighted by molar-refractivity contribution is -0.148. The van der Waals surface area contributed by atoms with Gasteiger partial charge in [0.25, 0.3) is 5.91 Å². The van der Waals surface area contributed by atoms with Gasteiger partial charge in [-0.25, -0.2) is 4.79 Å². The number of nitrogens with zero attached hydrogens (tertiary/aromatic N) is 2. The molecule has 0 saturated carbocycles. The fraction of sp³-hybridized carbons (Fsp3) is 0.174. The van der Waals surface area contributed by atoms with E-state index in [4.69, 9.17) is 20.3 Å². The summed E-state index contributed by atoms with van der Waals surface area (Å²) in [4.78, 5) is 23.1. The van der Waals surface area contributed by atoms with E-state index in [0.717, 1.165) is 11.1 Å². The minimum atomic E-state index is -1.00. The third kappa shape index (κ3) is 5.14. The predicted octanol–water partition coefficient (Wildman–Crippen LogP) is 3.04. The SMILES string of the molecule is COc1ccccc1-c1nn(Cc2ccccc2)cc1/C=C/C(=O)O[C@H](C)C(N)=O. The number of amides is 1. The number of hydrogen-bond acceptors (Lipinski definition) is 5. The molecule has 1 heterocycles. The zero-order chi connectivity index (χ0) is 21.5. The number of hydrogen-bond donors (Lipinski definition) is 1. The third-order valence-corrected chi connectivity index (χ3v) is 4.43. The molecule has 0 aliphatic carbocycles. The molecule has 7 heteroatoms. The van der Waals surface area contributed by atoms with Gasteiger partial charge in [0.1, 0.15) is 11.4 Å². The highest BCUT2D eigenvalue weighted by molar-refractivity contribution is 5.91. The number of nitrogens with two attached hydrogens (primary N) is 1. The molecule has 0 radical (unpaired) electrons. The van der Waals surface area contributed by atoms with Gasteiger partial charge in [0.05, 0.1) is 13.7 Å². The molecule has 1 aromatic heterocycles. The van der Waals surface area contributed by atoms with E-state index in [9.17, 15) is 9.59 Å². The minimum absolute atomic E-state index is 0.569. The van der Waals surface area contributed by atoms with Crippen molar-refractivity contribution >= 4 is 18.0 Å². The van der Waals surface area contributed by atoms with Gasteiger partial charge in [0.15, 0.2) is 6.10 Å². The van der Waals surface area contributed by atoms with Crippen molar-refractivity contribution in [3.8, 4) is 17.0 Å². The first-order valence-corrected chi connectivity index (χ1v) is 9.40. The molecule has 0 spiro atoms. The fourth-order valence-corrected chi connectivity index (χ4v) is 2.89. The van der Waals surface area contributed by atoms with Crippen molar-refractivity contribution < 1.29 is 19.1 Å². The van der Waals surface area contributed by atoms with Crippen molar-refractivity contribution in [1.29, 1.82) is 0 Å². The largest absolute Gasteiger partial charge is 0.496 e. The van der Waals surface area contributed by atoms with Crippen LogP contribution in [0.3, 0.4) is 0 Å². The number of para-hydroxylation sites is 1. The molecule has 0 aliphatic rings. The van der Waals surface area contributed by atoms with Crippen LogP contribution >= 0.6 is 0 Å². The molecular weight excluding hydrogens is 382 g/mol. The lowest BCUT2D eigenvalue weighted by atomic mass is 10.1. The van der Waals surface area contributed by atoms with Crippen LogP contribution < -0.4 is 10.5 Å². The summed E-state index contributed by atoms with van der Waals surface area (Å²) in [5.41, 5.74) is 8.39. The Morgan fingerprint density at radius 3 is 2.53 bits per heavy atom. The number of benzene rings is 2. The molecule has 1 atom stereocenters. The highest BCUT2D eigenvalue weighted by atomic mass is 16.5. The van der Waals surface area contributed by atoms with Gasteiger partial charge in [-0.1, -0.05) is 42.5 Å². The van der Waals surface area contributed by atoms with Crippen molar-refractivity contribution in [3.05, 3.63) is 78.0 Å². The number of carbonyl (C=O) groups is 2. The number of aromatic nitrogens is 2. The quantitative estimate of drug-likeness (QED) is 0.459. The topological polar surface area (TPSA) is 96.4 Å². The second-order valence-corrected chi connectivity index (χ2v) is 6.63. The maximum atomic E-state index is 12.0. The van der Waals surface area contributed by atoms with Crippen LogP contribution in [0.1, 0.15) is 18.1 Å². The number of primary amides is 1. The normalized spacial score (nSPS) is 11.9. The molecule has 30 heavy (non-hydrogen) atoms. The first-order valence-electron chi connectivity index (χ1n) is 9.40. The van der Waals surface area contributed by atoms with Crippen LogP contribution in [0.5, 0.6) is 5.75 Å². The van der Waals surface area contributed by atoms with Gasteiger partial charge in [-0.05, 0) is 30.7 Å². The number of carbonyl (C=O) groups excluding carboxylic acids is 2. The Bertz CT molecular complexity index is 1060. The smallest absolute Gasteiger partial charge is 0.331 e. The van der Waals surface area contributed by atoms with Crippen LogP contribution in [-0.4, -0.2) is 34.9 Å². The van der Waals surface area contributed by atoms with Gasteiger partial charge in [-0.3, -0.25) is 9.48 Å². The van der Waals surface area contributed by atoms with Crippen LogP contribution in [0.15, 0.2) is 66.9 Å². The molecule has 3 aromatic rings. The van der Waals surface area contributed by atoms with Gasteiger partial charge in [0.2, 0.25) is 0 Å². The van der Waals surface area contributed by atoms with Crippen molar-refractivity contribution in [3.63, 3.8) is 0 Å². The number of ether oxygens (including phenoxy) is 2. The Morgan fingerprint density at radius 1 is 1.13 bits per heavy atom. The third-order valence-electron chi connectivity index (χ3n) is 4.43. The molecule has 7 nitrogen and oxygen atoms in total. The first-order chi connectivity index (χ1) is 14.5. The van der Waals surface area contributed by atoms with E-state index < -0.39 is 18.0 Å². The molecule has 3 rings (SSSR count). The van der Waals surface area contributed by atoms with E-state index in [2.05, 4.69) is 0 Å². The lowest BCUT2D eigenvalue weighted by Gasteiger charge is -2.07. The highest BCUT2D eigenvalue weighted by Gasteiger charge is 2.16. The first kappa shape index (κ1) is 20.9. The average Bonchev–Trinajstić information content (AvgIpc) is 3.15. The zero-order valence-electron chi connectivity index (χ0n) is 16.8. The number of esters is 1. The number of methoxy groups -OCH3 is 1. The Hall–Kier alpha value is -3.87. The molecule has 0 aliphatic heterocycles. The van der Waals surface area contributed by atoms with E-state index in [1.165, 1.54) is 13.0 Å². The van der Waals surface area contributed by atoms with E-state index in [-0.39, 0.29) is 0 Å². The van der Waals surface area contributed by atoms with Crippen LogP contribution in [0, 0.1) is 0 Å². The van der Waals surface area contributed by atoms with Crippen molar-refractivity contribution in [2.75, 3.05) is 7.11 Å². The molecule has 2 N–H and O–H groups in total. The van der Waals surface area contributed by atoms with E-state index in [0.29, 0.717) is 23.6 Å². The van der Waals surface area contributed by atoms with Crippen LogP contribution in [0.4, 0.5) is 0 Å². The maximum absolute atomic E-state index is 12.0. The molecule has 154 valence electrons. The summed E-state index contributed by atoms with van der Waals surface area (Å²) < 4.78 is 12.2. The standard InChI is InChI=1S/C23H23N3O4/c1-16(23(24)28)30-21(27)13-12-18-15-26(14-17-8-4-3-5-9-17)25-22(18)19-10-6-7-11-20(19)29-2/h3-13,15-16H,14H2,1-2H3,(H2,24,28)/b13-12+/t16-/m1/s1. The predicted molar refractivity (Wildman–Crippen MR) is 114 cm³/mol. The Labute approximate surface area is 174 Å². The van der Waals surface area contributed by atoms with Crippen LogP contribution in [0.25, 0.3) is 17.3 Å². The fourth-order valence-electron chi connectivity index (χ4n) is 2.89. The summed E-state index contributed by atoms with van der Waals surface area (Å²) in [6.07, 6.45) is 3.70. The second kappa shape index (κ2) is 9.56. The summed E-state index contributed by atoms with van der Waals surface area (Å²) in [5, 5.41) is 4.71. The molecule has 0 unspecified atom stereocenters. The van der Waals surface area contributed by atoms with Gasteiger partial charge < -0.3 is 15.2 Å². The highest BCUT2D eigenvalue weighted by Crippen LogP contribution is 2.31. The molecule has 0 saturated heterocycles. The van der Waals surface area contributed by atoms with Gasteiger partial charge >= 0.3 is 5.97 Å². The van der Waals surface area contributed by atoms with E-state index in [1.54, 1.807) is 17.9 Å². The molecular formula is C23H23N3O4. The molecule has 0 fully saturated rings. The summed E-state index contributed by atoms with van der Waals surface area (Å²) in [7, 11) is 1.60. The monoisotopic (exact) mass is 405 g/mol.